The van der Waals surface area contributed by atoms with Crippen molar-refractivity contribution in [1.29, 1.82) is 0 Å². The van der Waals surface area contributed by atoms with E-state index < -0.39 is 17.3 Å². The van der Waals surface area contributed by atoms with Crippen molar-refractivity contribution in [3.63, 3.8) is 0 Å². The first-order valence-corrected chi connectivity index (χ1v) is 6.63. The highest BCUT2D eigenvalue weighted by molar-refractivity contribution is 7.87. The minimum atomic E-state index is -3.33. The van der Waals surface area contributed by atoms with Gasteiger partial charge in [0, 0.05) is 19.6 Å². The van der Waals surface area contributed by atoms with Crippen molar-refractivity contribution in [3.8, 4) is 0 Å². The zero-order chi connectivity index (χ0) is 12.5. The summed E-state index contributed by atoms with van der Waals surface area (Å²) in [4.78, 5) is 0. The monoisotopic (exact) mass is 256 g/mol. The lowest BCUT2D eigenvalue weighted by Crippen LogP contribution is -2.31. The molecule has 1 aromatic carbocycles. The smallest absolute Gasteiger partial charge is 0.423 e. The highest BCUT2D eigenvalue weighted by Gasteiger charge is 2.27. The molecule has 0 aromatic heterocycles. The van der Waals surface area contributed by atoms with Crippen LogP contribution in [0.2, 0.25) is 0 Å². The van der Waals surface area contributed by atoms with E-state index in [0.29, 0.717) is 18.6 Å². The van der Waals surface area contributed by atoms with E-state index in [1.807, 2.05) is 0 Å². The largest absolute Gasteiger partial charge is 0.488 e. The van der Waals surface area contributed by atoms with Gasteiger partial charge in [0.2, 0.25) is 0 Å². The van der Waals surface area contributed by atoms with E-state index in [9.17, 15) is 8.42 Å². The van der Waals surface area contributed by atoms with Crippen LogP contribution in [-0.4, -0.2) is 43.0 Å². The van der Waals surface area contributed by atoms with Gasteiger partial charge in [-0.25, -0.2) is 4.72 Å². The van der Waals surface area contributed by atoms with Gasteiger partial charge < -0.3 is 10.0 Å². The SMILES string of the molecule is O=S1(=O)NCCN1Cc1ccc(B(O)O)cc1. The van der Waals surface area contributed by atoms with Crippen LogP contribution in [0.4, 0.5) is 0 Å². The lowest BCUT2D eigenvalue weighted by molar-refractivity contribution is 0.425. The lowest BCUT2D eigenvalue weighted by Gasteiger charge is -2.13. The summed E-state index contributed by atoms with van der Waals surface area (Å²) >= 11 is 0. The molecule has 1 aromatic rings. The molecule has 0 aliphatic carbocycles. The summed E-state index contributed by atoms with van der Waals surface area (Å²) in [6.45, 7) is 1.17. The van der Waals surface area contributed by atoms with Crippen molar-refractivity contribution in [3.05, 3.63) is 29.8 Å². The van der Waals surface area contributed by atoms with Crippen molar-refractivity contribution >= 4 is 22.8 Å². The summed E-state index contributed by atoms with van der Waals surface area (Å²) in [5, 5.41) is 17.8. The fourth-order valence-corrected chi connectivity index (χ4v) is 2.86. The molecule has 0 atom stereocenters. The topological polar surface area (TPSA) is 89.9 Å². The molecule has 6 nitrogen and oxygen atoms in total. The Kier molecular flexibility index (Phi) is 3.50. The van der Waals surface area contributed by atoms with Gasteiger partial charge in [-0.05, 0) is 11.0 Å². The Bertz CT molecular complexity index is 488. The predicted octanol–water partition coefficient (Wildman–Crippen LogP) is -1.98. The minimum absolute atomic E-state index is 0.289. The zero-order valence-electron chi connectivity index (χ0n) is 9.07. The third-order valence-electron chi connectivity index (χ3n) is 2.62. The molecule has 1 aliphatic heterocycles. The lowest BCUT2D eigenvalue weighted by atomic mass is 9.80. The van der Waals surface area contributed by atoms with E-state index >= 15 is 0 Å². The number of hydrogen-bond acceptors (Lipinski definition) is 4. The maximum absolute atomic E-state index is 11.5. The summed E-state index contributed by atoms with van der Waals surface area (Å²) in [6.07, 6.45) is 0. The van der Waals surface area contributed by atoms with Gasteiger partial charge in [-0.2, -0.15) is 12.7 Å². The number of benzene rings is 1. The van der Waals surface area contributed by atoms with Crippen molar-refractivity contribution in [2.45, 2.75) is 6.54 Å². The Morgan fingerprint density at radius 1 is 1.29 bits per heavy atom. The van der Waals surface area contributed by atoms with Crippen molar-refractivity contribution < 1.29 is 18.5 Å². The average molecular weight is 256 g/mol. The van der Waals surface area contributed by atoms with E-state index in [4.69, 9.17) is 10.0 Å². The second-order valence-electron chi connectivity index (χ2n) is 3.85. The molecule has 0 amide bonds. The molecule has 0 spiro atoms. The second kappa shape index (κ2) is 4.75. The Morgan fingerprint density at radius 3 is 2.41 bits per heavy atom. The van der Waals surface area contributed by atoms with Gasteiger partial charge in [0.05, 0.1) is 0 Å². The molecule has 0 bridgehead atoms. The second-order valence-corrected chi connectivity index (χ2v) is 5.60. The summed E-state index contributed by atoms with van der Waals surface area (Å²) in [5.74, 6) is 0. The molecule has 1 aliphatic rings. The molecule has 1 fully saturated rings. The minimum Gasteiger partial charge on any atom is -0.423 e. The number of rotatable bonds is 3. The normalized spacial score (nSPS) is 19.4. The first-order valence-electron chi connectivity index (χ1n) is 5.19. The molecule has 1 heterocycles. The molecule has 8 heteroatoms. The average Bonchev–Trinajstić information content (AvgIpc) is 2.59. The van der Waals surface area contributed by atoms with E-state index in [2.05, 4.69) is 4.72 Å². The molecular formula is C9H13BN2O4S. The van der Waals surface area contributed by atoms with Crippen LogP contribution in [0.15, 0.2) is 24.3 Å². The van der Waals surface area contributed by atoms with E-state index in [1.165, 1.54) is 4.31 Å². The van der Waals surface area contributed by atoms with Crippen LogP contribution in [0, 0.1) is 0 Å². The standard InChI is InChI=1S/C9H13BN2O4S/c13-10(14)9-3-1-8(2-4-9)7-12-6-5-11-17(12,15)16/h1-4,11,13-14H,5-7H2. The van der Waals surface area contributed by atoms with Crippen molar-refractivity contribution in [2.24, 2.45) is 0 Å². The first kappa shape index (κ1) is 12.5. The maximum atomic E-state index is 11.5. The Labute approximate surface area is 100 Å². The quantitative estimate of drug-likeness (QED) is 0.546. The zero-order valence-corrected chi connectivity index (χ0v) is 9.89. The highest BCUT2D eigenvalue weighted by atomic mass is 32.2. The summed E-state index contributed by atoms with van der Waals surface area (Å²) in [7, 11) is -4.83. The van der Waals surface area contributed by atoms with Crippen LogP contribution in [0.25, 0.3) is 0 Å². The van der Waals surface area contributed by atoms with Crippen molar-refractivity contribution in [2.75, 3.05) is 13.1 Å². The molecule has 17 heavy (non-hydrogen) atoms. The van der Waals surface area contributed by atoms with Gasteiger partial charge in [-0.1, -0.05) is 24.3 Å². The molecule has 0 radical (unpaired) electrons. The molecule has 2 rings (SSSR count). The first-order chi connectivity index (χ1) is 7.99. The number of nitrogens with zero attached hydrogens (tertiary/aromatic N) is 1. The number of hydrogen-bond donors (Lipinski definition) is 3. The molecule has 1 saturated heterocycles. The van der Waals surface area contributed by atoms with Crippen LogP contribution in [0.5, 0.6) is 0 Å². The third-order valence-corrected chi connectivity index (χ3v) is 4.18. The molecule has 3 N–H and O–H groups in total. The van der Waals surface area contributed by atoms with Gasteiger partial charge in [-0.15, -0.1) is 0 Å². The molecule has 0 unspecified atom stereocenters. The Morgan fingerprint density at radius 2 is 1.94 bits per heavy atom. The summed E-state index contributed by atoms with van der Waals surface area (Å²) in [6, 6.07) is 6.50. The van der Waals surface area contributed by atoms with Crippen LogP contribution < -0.4 is 10.2 Å². The van der Waals surface area contributed by atoms with Gasteiger partial charge in [-0.3, -0.25) is 0 Å². The van der Waals surface area contributed by atoms with E-state index in [-0.39, 0.29) is 6.54 Å². The third kappa shape index (κ3) is 2.85. The fraction of sp³-hybridized carbons (Fsp3) is 0.333. The van der Waals surface area contributed by atoms with Crippen LogP contribution in [0.3, 0.4) is 0 Å². The Hall–Kier alpha value is -0.925. The van der Waals surface area contributed by atoms with Crippen molar-refractivity contribution in [1.82, 2.24) is 9.03 Å². The van der Waals surface area contributed by atoms with Crippen LogP contribution in [-0.2, 0) is 16.8 Å². The van der Waals surface area contributed by atoms with Crippen LogP contribution in [0.1, 0.15) is 5.56 Å². The molecule has 0 saturated carbocycles. The maximum Gasteiger partial charge on any atom is 0.488 e. The highest BCUT2D eigenvalue weighted by Crippen LogP contribution is 2.10. The van der Waals surface area contributed by atoms with E-state index in [1.54, 1.807) is 24.3 Å². The summed E-state index contributed by atoms with van der Waals surface area (Å²) < 4.78 is 26.7. The van der Waals surface area contributed by atoms with Gasteiger partial charge >= 0.3 is 7.12 Å². The fourth-order valence-electron chi connectivity index (χ4n) is 1.67. The van der Waals surface area contributed by atoms with Crippen LogP contribution >= 0.6 is 0 Å². The van der Waals surface area contributed by atoms with Gasteiger partial charge in [0.25, 0.3) is 10.2 Å². The van der Waals surface area contributed by atoms with Gasteiger partial charge in [0.1, 0.15) is 0 Å². The van der Waals surface area contributed by atoms with Gasteiger partial charge in [0.15, 0.2) is 0 Å². The van der Waals surface area contributed by atoms with E-state index in [0.717, 1.165) is 5.56 Å². The molecule has 92 valence electrons. The Balaban J connectivity index is 2.09. The number of nitrogens with one attached hydrogen (secondary N) is 1. The summed E-state index contributed by atoms with van der Waals surface area (Å²) in [5.41, 5.74) is 1.19. The molecular weight excluding hydrogens is 243 g/mol. The predicted molar refractivity (Wildman–Crippen MR) is 63.6 cm³/mol.